The van der Waals surface area contributed by atoms with Crippen LogP contribution in [0.3, 0.4) is 0 Å². The van der Waals surface area contributed by atoms with Crippen molar-refractivity contribution in [3.8, 4) is 5.75 Å². The minimum absolute atomic E-state index is 0.0401. The SMILES string of the molecule is CC(C)N(C)Cc1ccccc1CNC(=O)c1ccc2c(c1)CCO2. The molecule has 2 aromatic rings. The molecular formula is C21H26N2O2. The number of benzene rings is 2. The Labute approximate surface area is 149 Å². The Morgan fingerprint density at radius 2 is 1.96 bits per heavy atom. The van der Waals surface area contributed by atoms with E-state index in [4.69, 9.17) is 4.74 Å². The van der Waals surface area contributed by atoms with Gasteiger partial charge >= 0.3 is 0 Å². The Kier molecular flexibility index (Phi) is 5.39. The number of amides is 1. The van der Waals surface area contributed by atoms with Crippen LogP contribution in [0.25, 0.3) is 0 Å². The van der Waals surface area contributed by atoms with E-state index >= 15 is 0 Å². The lowest BCUT2D eigenvalue weighted by molar-refractivity contribution is 0.0950. The number of carbonyl (C=O) groups excluding carboxylic acids is 1. The first kappa shape index (κ1) is 17.5. The van der Waals surface area contributed by atoms with E-state index in [2.05, 4.69) is 49.3 Å². The molecule has 4 nitrogen and oxygen atoms in total. The van der Waals surface area contributed by atoms with Crippen molar-refractivity contribution in [2.45, 2.75) is 39.4 Å². The number of ether oxygens (including phenoxy) is 1. The second-order valence-corrected chi connectivity index (χ2v) is 6.88. The molecule has 2 aromatic carbocycles. The van der Waals surface area contributed by atoms with Crippen molar-refractivity contribution in [1.29, 1.82) is 0 Å². The van der Waals surface area contributed by atoms with E-state index < -0.39 is 0 Å². The van der Waals surface area contributed by atoms with Crippen molar-refractivity contribution in [2.24, 2.45) is 0 Å². The van der Waals surface area contributed by atoms with Crippen molar-refractivity contribution < 1.29 is 9.53 Å². The van der Waals surface area contributed by atoms with Gasteiger partial charge in [0.15, 0.2) is 0 Å². The smallest absolute Gasteiger partial charge is 0.251 e. The van der Waals surface area contributed by atoms with E-state index in [-0.39, 0.29) is 5.91 Å². The summed E-state index contributed by atoms with van der Waals surface area (Å²) in [6, 6.07) is 14.4. The second kappa shape index (κ2) is 7.70. The van der Waals surface area contributed by atoms with Gasteiger partial charge in [-0.2, -0.15) is 0 Å². The third-order valence-electron chi connectivity index (χ3n) is 4.81. The molecule has 0 unspecified atom stereocenters. The highest BCUT2D eigenvalue weighted by atomic mass is 16.5. The quantitative estimate of drug-likeness (QED) is 0.878. The molecule has 0 saturated carbocycles. The van der Waals surface area contributed by atoms with Crippen LogP contribution >= 0.6 is 0 Å². The highest BCUT2D eigenvalue weighted by Crippen LogP contribution is 2.25. The molecule has 4 heteroatoms. The van der Waals surface area contributed by atoms with Crippen LogP contribution in [0.15, 0.2) is 42.5 Å². The number of fused-ring (bicyclic) bond motifs is 1. The number of rotatable bonds is 6. The molecule has 1 N–H and O–H groups in total. The molecule has 0 aromatic heterocycles. The molecule has 1 aliphatic rings. The summed E-state index contributed by atoms with van der Waals surface area (Å²) in [4.78, 5) is 14.8. The van der Waals surface area contributed by atoms with Crippen LogP contribution in [-0.2, 0) is 19.5 Å². The highest BCUT2D eigenvalue weighted by molar-refractivity contribution is 5.94. The third-order valence-corrected chi connectivity index (χ3v) is 4.81. The van der Waals surface area contributed by atoms with Crippen LogP contribution in [0.2, 0.25) is 0 Å². The van der Waals surface area contributed by atoms with Gasteiger partial charge in [-0.3, -0.25) is 9.69 Å². The lowest BCUT2D eigenvalue weighted by Crippen LogP contribution is -2.27. The molecule has 1 heterocycles. The van der Waals surface area contributed by atoms with Crippen LogP contribution in [-0.4, -0.2) is 30.5 Å². The molecular weight excluding hydrogens is 312 g/mol. The van der Waals surface area contributed by atoms with Crippen LogP contribution in [0.1, 0.15) is 40.9 Å². The molecule has 1 aliphatic heterocycles. The van der Waals surface area contributed by atoms with Gasteiger partial charge in [-0.25, -0.2) is 0 Å². The van der Waals surface area contributed by atoms with E-state index in [1.165, 1.54) is 5.56 Å². The van der Waals surface area contributed by atoms with Crippen molar-refractivity contribution in [2.75, 3.05) is 13.7 Å². The number of hydrogen-bond acceptors (Lipinski definition) is 3. The van der Waals surface area contributed by atoms with E-state index in [1.807, 2.05) is 24.3 Å². The minimum atomic E-state index is -0.0401. The lowest BCUT2D eigenvalue weighted by atomic mass is 10.1. The molecule has 3 rings (SSSR count). The predicted molar refractivity (Wildman–Crippen MR) is 99.9 cm³/mol. The van der Waals surface area contributed by atoms with E-state index in [9.17, 15) is 4.79 Å². The number of carbonyl (C=O) groups is 1. The number of nitrogens with one attached hydrogen (secondary N) is 1. The van der Waals surface area contributed by atoms with Crippen molar-refractivity contribution >= 4 is 5.91 Å². The number of nitrogens with zero attached hydrogens (tertiary/aromatic N) is 1. The average Bonchev–Trinajstić information content (AvgIpc) is 3.08. The summed E-state index contributed by atoms with van der Waals surface area (Å²) in [6.45, 7) is 6.48. The fourth-order valence-corrected chi connectivity index (χ4v) is 2.94. The van der Waals surface area contributed by atoms with E-state index in [1.54, 1.807) is 0 Å². The van der Waals surface area contributed by atoms with Crippen molar-refractivity contribution in [3.63, 3.8) is 0 Å². The summed E-state index contributed by atoms with van der Waals surface area (Å²) < 4.78 is 5.50. The molecule has 0 radical (unpaired) electrons. The molecule has 1 amide bonds. The van der Waals surface area contributed by atoms with Crippen LogP contribution in [0, 0.1) is 0 Å². The first-order valence-electron chi connectivity index (χ1n) is 8.85. The van der Waals surface area contributed by atoms with E-state index in [0.717, 1.165) is 29.8 Å². The Hall–Kier alpha value is -2.33. The van der Waals surface area contributed by atoms with Gasteiger partial charge in [0, 0.05) is 31.1 Å². The molecule has 0 bridgehead atoms. The summed E-state index contributed by atoms with van der Waals surface area (Å²) in [5, 5.41) is 3.05. The molecule has 25 heavy (non-hydrogen) atoms. The Balaban J connectivity index is 1.66. The zero-order chi connectivity index (χ0) is 17.8. The first-order valence-corrected chi connectivity index (χ1v) is 8.85. The normalized spacial score (nSPS) is 13.0. The average molecular weight is 338 g/mol. The Morgan fingerprint density at radius 1 is 1.20 bits per heavy atom. The lowest BCUT2D eigenvalue weighted by Gasteiger charge is -2.22. The topological polar surface area (TPSA) is 41.6 Å². The molecule has 0 aliphatic carbocycles. The van der Waals surface area contributed by atoms with Gasteiger partial charge in [-0.15, -0.1) is 0 Å². The largest absolute Gasteiger partial charge is 0.493 e. The van der Waals surface area contributed by atoms with Gasteiger partial charge in [0.05, 0.1) is 6.61 Å². The fourth-order valence-electron chi connectivity index (χ4n) is 2.94. The Bertz CT molecular complexity index is 755. The van der Waals surface area contributed by atoms with Crippen LogP contribution in [0.5, 0.6) is 5.75 Å². The standard InChI is InChI=1S/C21H26N2O2/c1-15(2)23(3)14-19-7-5-4-6-18(19)13-22-21(24)17-8-9-20-16(12-17)10-11-25-20/h4-9,12,15H,10-11,13-14H2,1-3H3,(H,22,24). The minimum Gasteiger partial charge on any atom is -0.493 e. The van der Waals surface area contributed by atoms with Gasteiger partial charge in [-0.1, -0.05) is 24.3 Å². The number of hydrogen-bond donors (Lipinski definition) is 1. The maximum absolute atomic E-state index is 12.5. The third kappa shape index (κ3) is 4.20. The van der Waals surface area contributed by atoms with E-state index in [0.29, 0.717) is 24.8 Å². The van der Waals surface area contributed by atoms with Gasteiger partial charge in [-0.05, 0) is 55.8 Å². The molecule has 132 valence electrons. The summed E-state index contributed by atoms with van der Waals surface area (Å²) in [5.74, 6) is 0.861. The first-order chi connectivity index (χ1) is 12.0. The summed E-state index contributed by atoms with van der Waals surface area (Å²) in [6.07, 6.45) is 0.876. The van der Waals surface area contributed by atoms with Gasteiger partial charge in [0.25, 0.3) is 5.91 Å². The fraction of sp³-hybridized carbons (Fsp3) is 0.381. The highest BCUT2D eigenvalue weighted by Gasteiger charge is 2.15. The van der Waals surface area contributed by atoms with Crippen molar-refractivity contribution in [1.82, 2.24) is 10.2 Å². The molecule has 0 atom stereocenters. The van der Waals surface area contributed by atoms with Crippen LogP contribution in [0.4, 0.5) is 0 Å². The zero-order valence-corrected chi connectivity index (χ0v) is 15.2. The molecule has 0 fully saturated rings. The van der Waals surface area contributed by atoms with Gasteiger partial charge < -0.3 is 10.1 Å². The monoisotopic (exact) mass is 338 g/mol. The summed E-state index contributed by atoms with van der Waals surface area (Å²) >= 11 is 0. The van der Waals surface area contributed by atoms with Gasteiger partial charge in [0.2, 0.25) is 0 Å². The predicted octanol–water partition coefficient (Wildman–Crippen LogP) is 3.39. The van der Waals surface area contributed by atoms with Crippen LogP contribution < -0.4 is 10.1 Å². The summed E-state index contributed by atoms with van der Waals surface area (Å²) in [5.41, 5.74) is 4.22. The maximum atomic E-state index is 12.5. The molecule has 0 spiro atoms. The van der Waals surface area contributed by atoms with Crippen molar-refractivity contribution in [3.05, 3.63) is 64.7 Å². The maximum Gasteiger partial charge on any atom is 0.251 e. The Morgan fingerprint density at radius 3 is 2.72 bits per heavy atom. The van der Waals surface area contributed by atoms with Gasteiger partial charge in [0.1, 0.15) is 5.75 Å². The second-order valence-electron chi connectivity index (χ2n) is 6.88. The molecule has 0 saturated heterocycles. The zero-order valence-electron chi connectivity index (χ0n) is 15.2. The summed E-state index contributed by atoms with van der Waals surface area (Å²) in [7, 11) is 2.12.